The highest BCUT2D eigenvalue weighted by Crippen LogP contribution is 2.23. The van der Waals surface area contributed by atoms with Gasteiger partial charge in [0.2, 0.25) is 10.0 Å². The van der Waals surface area contributed by atoms with Crippen molar-refractivity contribution in [1.82, 2.24) is 19.9 Å². The molecule has 0 saturated carbocycles. The maximum atomic E-state index is 12.7. The summed E-state index contributed by atoms with van der Waals surface area (Å²) in [6.45, 7) is 2.64. The van der Waals surface area contributed by atoms with Crippen LogP contribution in [0.25, 0.3) is 0 Å². The Labute approximate surface area is 196 Å². The summed E-state index contributed by atoms with van der Waals surface area (Å²) in [5.74, 6) is 1.19. The molecule has 1 aliphatic heterocycles. The monoisotopic (exact) mass is 543 g/mol. The Morgan fingerprint density at radius 3 is 2.43 bits per heavy atom. The highest BCUT2D eigenvalue weighted by molar-refractivity contribution is 14.0. The van der Waals surface area contributed by atoms with Gasteiger partial charge < -0.3 is 10.6 Å². The summed E-state index contributed by atoms with van der Waals surface area (Å²) in [5, 5.41) is 6.67. The van der Waals surface area contributed by atoms with Gasteiger partial charge in [-0.2, -0.15) is 4.31 Å². The minimum Gasteiger partial charge on any atom is -0.356 e. The number of rotatable bonds is 7. The summed E-state index contributed by atoms with van der Waals surface area (Å²) in [5.41, 5.74) is 1.04. The van der Waals surface area contributed by atoms with Gasteiger partial charge in [-0.05, 0) is 43.0 Å². The first-order valence-corrected chi connectivity index (χ1v) is 11.4. The third-order valence-corrected chi connectivity index (χ3v) is 7.05. The average molecular weight is 543 g/mol. The maximum Gasteiger partial charge on any atom is 0.243 e. The lowest BCUT2D eigenvalue weighted by Crippen LogP contribution is -2.44. The summed E-state index contributed by atoms with van der Waals surface area (Å²) < 4.78 is 27.0. The van der Waals surface area contributed by atoms with Crippen LogP contribution in [0.3, 0.4) is 0 Å². The molecule has 1 aromatic carbocycles. The second-order valence-corrected chi connectivity index (χ2v) is 9.05. The van der Waals surface area contributed by atoms with Crippen molar-refractivity contribution in [2.24, 2.45) is 10.9 Å². The number of halogens is 1. The number of pyridine rings is 1. The highest BCUT2D eigenvalue weighted by atomic mass is 127. The molecule has 3 rings (SSSR count). The molecular formula is C21H30IN5O2S. The molecule has 2 heterocycles. The molecule has 0 aliphatic carbocycles. The summed E-state index contributed by atoms with van der Waals surface area (Å²) in [4.78, 5) is 8.95. The Hall–Kier alpha value is -1.72. The second-order valence-electron chi connectivity index (χ2n) is 7.11. The van der Waals surface area contributed by atoms with Gasteiger partial charge in [-0.3, -0.25) is 9.98 Å². The predicted octanol–water partition coefficient (Wildman–Crippen LogP) is 2.51. The molecule has 1 saturated heterocycles. The van der Waals surface area contributed by atoms with E-state index in [1.54, 1.807) is 41.8 Å². The number of hydrogen-bond acceptors (Lipinski definition) is 4. The fourth-order valence-corrected chi connectivity index (χ4v) is 4.90. The van der Waals surface area contributed by atoms with E-state index in [0.29, 0.717) is 23.9 Å². The molecule has 1 fully saturated rings. The van der Waals surface area contributed by atoms with Crippen LogP contribution in [0.2, 0.25) is 0 Å². The van der Waals surface area contributed by atoms with Crippen LogP contribution >= 0.6 is 24.0 Å². The molecule has 2 N–H and O–H groups in total. The maximum absolute atomic E-state index is 12.7. The number of guanidine groups is 1. The number of nitrogens with zero attached hydrogens (tertiary/aromatic N) is 3. The van der Waals surface area contributed by atoms with Gasteiger partial charge in [0.25, 0.3) is 0 Å². The lowest BCUT2D eigenvalue weighted by atomic mass is 9.98. The second kappa shape index (κ2) is 12.2. The van der Waals surface area contributed by atoms with Gasteiger partial charge in [-0.15, -0.1) is 24.0 Å². The standard InChI is InChI=1S/C21H29N5O2S.HI/c1-22-21(24-14-10-19-7-5-6-13-23-19)25-17-18-11-15-26(16-12-18)29(27,28)20-8-3-2-4-9-20;/h2-9,13,18H,10-12,14-17H2,1H3,(H2,22,24,25);1H. The Kier molecular flexibility index (Phi) is 9.99. The Morgan fingerprint density at radius 2 is 1.80 bits per heavy atom. The molecule has 164 valence electrons. The minimum absolute atomic E-state index is 0. The molecule has 0 amide bonds. The molecule has 7 nitrogen and oxygen atoms in total. The fraction of sp³-hybridized carbons (Fsp3) is 0.429. The molecule has 0 atom stereocenters. The van der Waals surface area contributed by atoms with E-state index >= 15 is 0 Å². The van der Waals surface area contributed by atoms with Crippen molar-refractivity contribution >= 4 is 40.0 Å². The Morgan fingerprint density at radius 1 is 1.10 bits per heavy atom. The highest BCUT2D eigenvalue weighted by Gasteiger charge is 2.29. The van der Waals surface area contributed by atoms with Crippen LogP contribution in [0.1, 0.15) is 18.5 Å². The zero-order valence-corrected chi connectivity index (χ0v) is 20.3. The molecule has 2 aromatic rings. The molecule has 0 spiro atoms. The average Bonchev–Trinajstić information content (AvgIpc) is 2.77. The van der Waals surface area contributed by atoms with Crippen LogP contribution in [0, 0.1) is 5.92 Å². The molecular weight excluding hydrogens is 513 g/mol. The number of sulfonamides is 1. The smallest absolute Gasteiger partial charge is 0.243 e. The van der Waals surface area contributed by atoms with E-state index in [0.717, 1.165) is 44.0 Å². The first-order chi connectivity index (χ1) is 14.1. The lowest BCUT2D eigenvalue weighted by molar-refractivity contribution is 0.273. The van der Waals surface area contributed by atoms with Crippen molar-refractivity contribution in [3.63, 3.8) is 0 Å². The molecule has 0 unspecified atom stereocenters. The molecule has 1 aliphatic rings. The van der Waals surface area contributed by atoms with Crippen molar-refractivity contribution in [3.8, 4) is 0 Å². The van der Waals surface area contributed by atoms with Crippen LogP contribution in [0.4, 0.5) is 0 Å². The van der Waals surface area contributed by atoms with Gasteiger partial charge >= 0.3 is 0 Å². The number of piperidine rings is 1. The number of hydrogen-bond donors (Lipinski definition) is 2. The van der Waals surface area contributed by atoms with Gasteiger partial charge in [0.05, 0.1) is 4.90 Å². The SMILES string of the molecule is CN=C(NCCc1ccccn1)NCC1CCN(S(=O)(=O)c2ccccc2)CC1.I. The van der Waals surface area contributed by atoms with Gasteiger partial charge in [0.1, 0.15) is 0 Å². The van der Waals surface area contributed by atoms with Crippen LogP contribution in [0.5, 0.6) is 0 Å². The predicted molar refractivity (Wildman–Crippen MR) is 131 cm³/mol. The topological polar surface area (TPSA) is 86.7 Å². The fourth-order valence-electron chi connectivity index (χ4n) is 3.41. The third-order valence-electron chi connectivity index (χ3n) is 5.14. The van der Waals surface area contributed by atoms with Gasteiger partial charge in [-0.25, -0.2) is 8.42 Å². The third kappa shape index (κ3) is 6.92. The first-order valence-electron chi connectivity index (χ1n) is 9.99. The van der Waals surface area contributed by atoms with Gasteiger partial charge in [0, 0.05) is 51.5 Å². The normalized spacial score (nSPS) is 16.0. The molecule has 0 radical (unpaired) electrons. The van der Waals surface area contributed by atoms with Crippen molar-refractivity contribution in [1.29, 1.82) is 0 Å². The molecule has 1 aromatic heterocycles. The summed E-state index contributed by atoms with van der Waals surface area (Å²) in [7, 11) is -1.63. The zero-order chi connectivity index (χ0) is 20.5. The number of benzene rings is 1. The zero-order valence-electron chi connectivity index (χ0n) is 17.2. The largest absolute Gasteiger partial charge is 0.356 e. The Bertz CT molecular complexity index is 886. The minimum atomic E-state index is -3.39. The van der Waals surface area contributed by atoms with Crippen molar-refractivity contribution in [3.05, 3.63) is 60.4 Å². The molecule has 30 heavy (non-hydrogen) atoms. The summed E-state index contributed by atoms with van der Waals surface area (Å²) in [6.07, 6.45) is 4.30. The van der Waals surface area contributed by atoms with Crippen LogP contribution < -0.4 is 10.6 Å². The van der Waals surface area contributed by atoms with E-state index in [4.69, 9.17) is 0 Å². The van der Waals surface area contributed by atoms with Crippen LogP contribution in [-0.4, -0.2) is 56.9 Å². The van der Waals surface area contributed by atoms with E-state index < -0.39 is 10.0 Å². The van der Waals surface area contributed by atoms with Crippen molar-refractivity contribution < 1.29 is 8.42 Å². The Balaban J connectivity index is 0.00000320. The van der Waals surface area contributed by atoms with Gasteiger partial charge in [-0.1, -0.05) is 24.3 Å². The van der Waals surface area contributed by atoms with E-state index in [2.05, 4.69) is 20.6 Å². The van der Waals surface area contributed by atoms with E-state index in [1.165, 1.54) is 0 Å². The summed E-state index contributed by atoms with van der Waals surface area (Å²) >= 11 is 0. The van der Waals surface area contributed by atoms with Crippen molar-refractivity contribution in [2.75, 3.05) is 33.2 Å². The number of nitrogens with one attached hydrogen (secondary N) is 2. The summed E-state index contributed by atoms with van der Waals surface area (Å²) in [6, 6.07) is 14.6. The first kappa shape index (κ1) is 24.5. The van der Waals surface area contributed by atoms with Crippen LogP contribution in [0.15, 0.2) is 64.6 Å². The lowest BCUT2D eigenvalue weighted by Gasteiger charge is -2.31. The quantitative estimate of drug-likeness (QED) is 0.319. The van der Waals surface area contributed by atoms with E-state index in [9.17, 15) is 8.42 Å². The molecule has 0 bridgehead atoms. The number of aliphatic imine (C=N–C) groups is 1. The van der Waals surface area contributed by atoms with E-state index in [-0.39, 0.29) is 24.0 Å². The van der Waals surface area contributed by atoms with E-state index in [1.807, 2.05) is 24.3 Å². The van der Waals surface area contributed by atoms with Gasteiger partial charge in [0.15, 0.2) is 5.96 Å². The van der Waals surface area contributed by atoms with Crippen molar-refractivity contribution in [2.45, 2.75) is 24.2 Å². The number of aromatic nitrogens is 1. The molecule has 9 heteroatoms. The van der Waals surface area contributed by atoms with Crippen LogP contribution in [-0.2, 0) is 16.4 Å².